The zero-order valence-electron chi connectivity index (χ0n) is 12.9. The summed E-state index contributed by atoms with van der Waals surface area (Å²) < 4.78 is 10.5. The lowest BCUT2D eigenvalue weighted by Gasteiger charge is -2.26. The van der Waals surface area contributed by atoms with Crippen LogP contribution in [0.2, 0.25) is 0 Å². The normalized spacial score (nSPS) is 14.9. The van der Waals surface area contributed by atoms with Crippen LogP contribution in [-0.4, -0.2) is 47.3 Å². The van der Waals surface area contributed by atoms with Gasteiger partial charge in [0.25, 0.3) is 0 Å². The molecule has 1 aromatic carbocycles. The van der Waals surface area contributed by atoms with E-state index in [-0.39, 0.29) is 5.91 Å². The molecule has 0 unspecified atom stereocenters. The third kappa shape index (κ3) is 3.94. The van der Waals surface area contributed by atoms with E-state index in [1.807, 2.05) is 29.2 Å². The highest BCUT2D eigenvalue weighted by Gasteiger charge is 2.18. The van der Waals surface area contributed by atoms with E-state index in [2.05, 4.69) is 10.1 Å². The molecule has 0 bridgehead atoms. The van der Waals surface area contributed by atoms with Gasteiger partial charge in [-0.1, -0.05) is 29.4 Å². The molecule has 7 nitrogen and oxygen atoms in total. The van der Waals surface area contributed by atoms with Crippen molar-refractivity contribution in [2.24, 2.45) is 5.73 Å². The minimum atomic E-state index is 0.0975. The zero-order chi connectivity index (χ0) is 16.1. The summed E-state index contributed by atoms with van der Waals surface area (Å²) in [7, 11) is 0. The number of amides is 1. The maximum atomic E-state index is 12.1. The van der Waals surface area contributed by atoms with Gasteiger partial charge in [0, 0.05) is 38.0 Å². The van der Waals surface area contributed by atoms with Crippen LogP contribution in [0, 0.1) is 0 Å². The summed E-state index contributed by atoms with van der Waals surface area (Å²) in [6, 6.07) is 7.70. The van der Waals surface area contributed by atoms with Gasteiger partial charge in [-0.05, 0) is 5.56 Å². The van der Waals surface area contributed by atoms with Crippen molar-refractivity contribution in [3.63, 3.8) is 0 Å². The summed E-state index contributed by atoms with van der Waals surface area (Å²) in [6.45, 7) is 3.02. The van der Waals surface area contributed by atoms with Crippen LogP contribution in [0.3, 0.4) is 0 Å². The fraction of sp³-hybridized carbons (Fsp3) is 0.438. The van der Waals surface area contributed by atoms with Crippen LogP contribution >= 0.6 is 0 Å². The van der Waals surface area contributed by atoms with E-state index in [9.17, 15) is 4.79 Å². The number of aromatic nitrogens is 2. The van der Waals surface area contributed by atoms with Crippen molar-refractivity contribution in [3.05, 3.63) is 35.7 Å². The Morgan fingerprint density at radius 2 is 1.96 bits per heavy atom. The van der Waals surface area contributed by atoms with Crippen LogP contribution in [0.15, 0.2) is 28.8 Å². The molecule has 0 atom stereocenters. The van der Waals surface area contributed by atoms with Gasteiger partial charge in [-0.25, -0.2) is 0 Å². The molecule has 0 saturated carbocycles. The minimum absolute atomic E-state index is 0.0975. The standard InChI is InChI=1S/C16H20N4O3/c17-11-12-1-3-13(4-2-12)16-18-14(23-19-16)5-6-15(21)20-7-9-22-10-8-20/h1-4H,5-11,17H2. The van der Waals surface area contributed by atoms with Crippen molar-refractivity contribution < 1.29 is 14.1 Å². The van der Waals surface area contributed by atoms with Crippen molar-refractivity contribution in [1.82, 2.24) is 15.0 Å². The van der Waals surface area contributed by atoms with Gasteiger partial charge in [0.1, 0.15) is 0 Å². The summed E-state index contributed by atoms with van der Waals surface area (Å²) in [5, 5.41) is 3.97. The molecule has 1 saturated heterocycles. The van der Waals surface area contributed by atoms with Crippen LogP contribution < -0.4 is 5.73 Å². The largest absolute Gasteiger partial charge is 0.378 e. The predicted molar refractivity (Wildman–Crippen MR) is 83.3 cm³/mol. The lowest BCUT2D eigenvalue weighted by atomic mass is 10.1. The Bertz CT molecular complexity index is 648. The van der Waals surface area contributed by atoms with Gasteiger partial charge in [0.2, 0.25) is 17.6 Å². The first-order valence-electron chi connectivity index (χ1n) is 7.74. The maximum Gasteiger partial charge on any atom is 0.227 e. The number of ether oxygens (including phenoxy) is 1. The second-order valence-electron chi connectivity index (χ2n) is 5.41. The number of hydrogen-bond donors (Lipinski definition) is 1. The average molecular weight is 316 g/mol. The summed E-state index contributed by atoms with van der Waals surface area (Å²) in [4.78, 5) is 18.2. The number of hydrogen-bond acceptors (Lipinski definition) is 6. The Morgan fingerprint density at radius 3 is 2.65 bits per heavy atom. The third-order valence-electron chi connectivity index (χ3n) is 3.83. The van der Waals surface area contributed by atoms with Gasteiger partial charge in [-0.2, -0.15) is 4.98 Å². The Morgan fingerprint density at radius 1 is 1.22 bits per heavy atom. The molecule has 3 rings (SSSR count). The molecule has 0 spiro atoms. The molecule has 2 heterocycles. The highest BCUT2D eigenvalue weighted by molar-refractivity contribution is 5.76. The monoisotopic (exact) mass is 316 g/mol. The minimum Gasteiger partial charge on any atom is -0.378 e. The summed E-state index contributed by atoms with van der Waals surface area (Å²) in [5.41, 5.74) is 7.50. The number of aryl methyl sites for hydroxylation is 1. The van der Waals surface area contributed by atoms with Gasteiger partial charge in [-0.3, -0.25) is 4.79 Å². The second-order valence-corrected chi connectivity index (χ2v) is 5.41. The molecule has 1 aliphatic rings. The van der Waals surface area contributed by atoms with E-state index in [1.165, 1.54) is 0 Å². The number of carbonyl (C=O) groups is 1. The molecule has 1 fully saturated rings. The fourth-order valence-corrected chi connectivity index (χ4v) is 2.45. The van der Waals surface area contributed by atoms with Crippen LogP contribution in [0.1, 0.15) is 17.9 Å². The van der Waals surface area contributed by atoms with Gasteiger partial charge in [0.05, 0.1) is 13.2 Å². The second kappa shape index (κ2) is 7.34. The number of morpholine rings is 1. The van der Waals surface area contributed by atoms with Crippen molar-refractivity contribution in [2.45, 2.75) is 19.4 Å². The molecular formula is C16H20N4O3. The molecule has 7 heteroatoms. The lowest BCUT2D eigenvalue weighted by Crippen LogP contribution is -2.40. The van der Waals surface area contributed by atoms with E-state index < -0.39 is 0 Å². The molecule has 23 heavy (non-hydrogen) atoms. The number of nitrogens with zero attached hydrogens (tertiary/aromatic N) is 3. The topological polar surface area (TPSA) is 94.5 Å². The van der Waals surface area contributed by atoms with Crippen molar-refractivity contribution in [2.75, 3.05) is 26.3 Å². The summed E-state index contributed by atoms with van der Waals surface area (Å²) in [5.74, 6) is 1.10. The Kier molecular flexibility index (Phi) is 4.99. The van der Waals surface area contributed by atoms with Crippen LogP contribution in [0.4, 0.5) is 0 Å². The first-order chi connectivity index (χ1) is 11.3. The summed E-state index contributed by atoms with van der Waals surface area (Å²) >= 11 is 0. The molecule has 0 radical (unpaired) electrons. The van der Waals surface area contributed by atoms with Crippen molar-refractivity contribution in [3.8, 4) is 11.4 Å². The van der Waals surface area contributed by atoms with Gasteiger partial charge in [0.15, 0.2) is 0 Å². The first-order valence-corrected chi connectivity index (χ1v) is 7.74. The lowest BCUT2D eigenvalue weighted by molar-refractivity contribution is -0.135. The third-order valence-corrected chi connectivity index (χ3v) is 3.83. The van der Waals surface area contributed by atoms with E-state index in [1.54, 1.807) is 0 Å². The number of nitrogens with two attached hydrogens (primary N) is 1. The van der Waals surface area contributed by atoms with E-state index in [0.717, 1.165) is 11.1 Å². The average Bonchev–Trinajstić information content (AvgIpc) is 3.09. The molecule has 122 valence electrons. The van der Waals surface area contributed by atoms with E-state index >= 15 is 0 Å². The fourth-order valence-electron chi connectivity index (χ4n) is 2.45. The molecular weight excluding hydrogens is 296 g/mol. The predicted octanol–water partition coefficient (Wildman–Crippen LogP) is 0.987. The van der Waals surface area contributed by atoms with Crippen LogP contribution in [-0.2, 0) is 22.5 Å². The molecule has 1 aliphatic heterocycles. The molecule has 1 amide bonds. The smallest absolute Gasteiger partial charge is 0.227 e. The Hall–Kier alpha value is -2.25. The maximum absolute atomic E-state index is 12.1. The van der Waals surface area contributed by atoms with Gasteiger partial charge >= 0.3 is 0 Å². The molecule has 2 N–H and O–H groups in total. The number of rotatable bonds is 5. The van der Waals surface area contributed by atoms with Crippen molar-refractivity contribution >= 4 is 5.91 Å². The van der Waals surface area contributed by atoms with Crippen LogP contribution in [0.25, 0.3) is 11.4 Å². The summed E-state index contributed by atoms with van der Waals surface area (Å²) in [6.07, 6.45) is 0.817. The Balaban J connectivity index is 1.57. The first kappa shape index (κ1) is 15.6. The number of benzene rings is 1. The number of carbonyl (C=O) groups excluding carboxylic acids is 1. The van der Waals surface area contributed by atoms with Crippen LogP contribution in [0.5, 0.6) is 0 Å². The quantitative estimate of drug-likeness (QED) is 0.884. The highest BCUT2D eigenvalue weighted by atomic mass is 16.5. The van der Waals surface area contributed by atoms with E-state index in [4.69, 9.17) is 15.0 Å². The van der Waals surface area contributed by atoms with Crippen molar-refractivity contribution in [1.29, 1.82) is 0 Å². The Labute approximate surface area is 134 Å². The van der Waals surface area contributed by atoms with Gasteiger partial charge in [-0.15, -0.1) is 0 Å². The van der Waals surface area contributed by atoms with Gasteiger partial charge < -0.3 is 19.9 Å². The molecule has 2 aromatic rings. The highest BCUT2D eigenvalue weighted by Crippen LogP contribution is 2.17. The molecule has 1 aromatic heterocycles. The van der Waals surface area contributed by atoms with E-state index in [0.29, 0.717) is 57.4 Å². The molecule has 0 aliphatic carbocycles. The SMILES string of the molecule is NCc1ccc(-c2noc(CCC(=O)N3CCOCC3)n2)cc1. The zero-order valence-corrected chi connectivity index (χ0v) is 12.9.